The van der Waals surface area contributed by atoms with Gasteiger partial charge in [0.2, 0.25) is 0 Å². The van der Waals surface area contributed by atoms with Crippen molar-refractivity contribution in [3.63, 3.8) is 0 Å². The Balaban J connectivity index is 1.45. The van der Waals surface area contributed by atoms with Crippen LogP contribution in [-0.2, 0) is 0 Å². The molecular weight excluding hydrogens is 572 g/mol. The molecule has 7 aromatic rings. The number of rotatable bonds is 6. The summed E-state index contributed by atoms with van der Waals surface area (Å²) in [5.41, 5.74) is 6.58. The number of aryl methyl sites for hydroxylation is 2. The van der Waals surface area contributed by atoms with E-state index in [1.54, 1.807) is 30.3 Å². The van der Waals surface area contributed by atoms with Crippen molar-refractivity contribution in [3.8, 4) is 34.0 Å². The van der Waals surface area contributed by atoms with Crippen LogP contribution in [0.5, 0.6) is 11.5 Å². The van der Waals surface area contributed by atoms with E-state index < -0.39 is 11.9 Å². The summed E-state index contributed by atoms with van der Waals surface area (Å²) in [6, 6.07) is 41.0. The van der Waals surface area contributed by atoms with Gasteiger partial charge in [0.05, 0.1) is 33.5 Å². The SMILES string of the molecule is Cc1cccc(OC(=O)c2cc(-c3ccccc3)nc3cc4nc(-c5ccccc5)cc(C(=O)Oc5cccc(C)c5)c4cc23)c1. The number of hydrogen-bond donors (Lipinski definition) is 0. The molecular formula is C40H28N2O4. The number of carbonyl (C=O) groups is 2. The van der Waals surface area contributed by atoms with Gasteiger partial charge in [-0.2, -0.15) is 0 Å². The van der Waals surface area contributed by atoms with Gasteiger partial charge in [0.1, 0.15) is 11.5 Å². The second kappa shape index (κ2) is 12.1. The number of esters is 2. The third kappa shape index (κ3) is 5.84. The number of ether oxygens (including phenoxy) is 2. The maximum absolute atomic E-state index is 13.8. The Hall–Kier alpha value is -6.14. The predicted molar refractivity (Wildman–Crippen MR) is 180 cm³/mol. The van der Waals surface area contributed by atoms with E-state index in [1.807, 2.05) is 117 Å². The quantitative estimate of drug-likeness (QED) is 0.108. The molecule has 0 unspecified atom stereocenters. The summed E-state index contributed by atoms with van der Waals surface area (Å²) in [7, 11) is 0. The highest BCUT2D eigenvalue weighted by atomic mass is 16.5. The minimum atomic E-state index is -0.535. The molecule has 0 radical (unpaired) electrons. The highest BCUT2D eigenvalue weighted by Gasteiger charge is 2.21. The molecule has 0 fully saturated rings. The van der Waals surface area contributed by atoms with Crippen LogP contribution in [0.2, 0.25) is 0 Å². The summed E-state index contributed by atoms with van der Waals surface area (Å²) in [6.07, 6.45) is 0. The van der Waals surface area contributed by atoms with Crippen molar-refractivity contribution in [2.75, 3.05) is 0 Å². The van der Waals surface area contributed by atoms with Gasteiger partial charge in [-0.15, -0.1) is 0 Å². The van der Waals surface area contributed by atoms with Gasteiger partial charge in [-0.25, -0.2) is 19.6 Å². The standard InChI is InChI=1S/C40H28N2O4/c1-25-11-9-17-29(19-25)45-39(43)33-22-35(27-13-5-3-6-14-27)41-37-24-38-32(21-31(33)37)34(23-36(42-38)28-15-7-4-8-16-28)40(44)46-30-18-10-12-26(2)20-30/h3-24H,1-2H3. The third-order valence-electron chi connectivity index (χ3n) is 7.72. The van der Waals surface area contributed by atoms with Gasteiger partial charge in [0, 0.05) is 21.9 Å². The molecule has 0 bridgehead atoms. The molecule has 6 nitrogen and oxygen atoms in total. The fourth-order valence-electron chi connectivity index (χ4n) is 5.48. The van der Waals surface area contributed by atoms with Gasteiger partial charge in [-0.3, -0.25) is 0 Å². The molecule has 0 aliphatic carbocycles. The van der Waals surface area contributed by atoms with Gasteiger partial charge in [-0.1, -0.05) is 84.9 Å². The molecule has 2 heterocycles. The van der Waals surface area contributed by atoms with Gasteiger partial charge in [-0.05, 0) is 73.5 Å². The Bertz CT molecular complexity index is 2110. The van der Waals surface area contributed by atoms with E-state index >= 15 is 0 Å². The first-order valence-electron chi connectivity index (χ1n) is 14.9. The lowest BCUT2D eigenvalue weighted by atomic mass is 9.99. The van der Waals surface area contributed by atoms with E-state index in [1.165, 1.54) is 0 Å². The highest BCUT2D eigenvalue weighted by molar-refractivity contribution is 6.13. The molecule has 0 amide bonds. The zero-order valence-electron chi connectivity index (χ0n) is 25.2. The number of nitrogens with zero attached hydrogens (tertiary/aromatic N) is 2. The van der Waals surface area contributed by atoms with E-state index in [0.717, 1.165) is 22.3 Å². The maximum atomic E-state index is 13.8. The summed E-state index contributed by atoms with van der Waals surface area (Å²) in [6.45, 7) is 3.87. The normalized spacial score (nSPS) is 11.0. The summed E-state index contributed by atoms with van der Waals surface area (Å²) in [4.78, 5) is 37.6. The Morgan fingerprint density at radius 2 is 0.913 bits per heavy atom. The monoisotopic (exact) mass is 600 g/mol. The van der Waals surface area contributed by atoms with Gasteiger partial charge in [0.25, 0.3) is 0 Å². The van der Waals surface area contributed by atoms with Gasteiger partial charge < -0.3 is 9.47 Å². The number of carbonyl (C=O) groups excluding carboxylic acids is 2. The second-order valence-electron chi connectivity index (χ2n) is 11.1. The average Bonchev–Trinajstić information content (AvgIpc) is 3.07. The molecule has 0 saturated heterocycles. The van der Waals surface area contributed by atoms with Crippen LogP contribution in [0.15, 0.2) is 133 Å². The molecule has 7 rings (SSSR count). The molecule has 0 spiro atoms. The first-order valence-corrected chi connectivity index (χ1v) is 14.9. The summed E-state index contributed by atoms with van der Waals surface area (Å²) >= 11 is 0. The number of pyridine rings is 2. The van der Waals surface area contributed by atoms with Gasteiger partial charge >= 0.3 is 11.9 Å². The van der Waals surface area contributed by atoms with Crippen molar-refractivity contribution in [3.05, 3.63) is 156 Å². The summed E-state index contributed by atoms with van der Waals surface area (Å²) in [5, 5.41) is 1.06. The smallest absolute Gasteiger partial charge is 0.344 e. The van der Waals surface area contributed by atoms with Crippen molar-refractivity contribution in [2.24, 2.45) is 0 Å². The van der Waals surface area contributed by atoms with Crippen LogP contribution in [0.1, 0.15) is 31.8 Å². The zero-order chi connectivity index (χ0) is 31.6. The molecule has 0 aliphatic heterocycles. The number of benzene rings is 5. The van der Waals surface area contributed by atoms with E-state index in [0.29, 0.717) is 55.8 Å². The third-order valence-corrected chi connectivity index (χ3v) is 7.72. The van der Waals surface area contributed by atoms with E-state index in [9.17, 15) is 9.59 Å². The minimum absolute atomic E-state index is 0.317. The summed E-state index contributed by atoms with van der Waals surface area (Å²) in [5.74, 6) is -0.193. The second-order valence-corrected chi connectivity index (χ2v) is 11.1. The van der Waals surface area contributed by atoms with Crippen LogP contribution < -0.4 is 9.47 Å². The first-order chi connectivity index (χ1) is 22.4. The largest absolute Gasteiger partial charge is 0.423 e. The lowest BCUT2D eigenvalue weighted by molar-refractivity contribution is 0.0727. The molecule has 0 aliphatic rings. The fourth-order valence-corrected chi connectivity index (χ4v) is 5.48. The predicted octanol–water partition coefficient (Wildman–Crippen LogP) is 9.17. The average molecular weight is 601 g/mol. The molecule has 0 atom stereocenters. The molecule has 5 aromatic carbocycles. The van der Waals surface area contributed by atoms with Crippen LogP contribution >= 0.6 is 0 Å². The summed E-state index contributed by atoms with van der Waals surface area (Å²) < 4.78 is 11.7. The number of hydrogen-bond acceptors (Lipinski definition) is 6. The molecule has 2 aromatic heterocycles. The lowest BCUT2D eigenvalue weighted by Crippen LogP contribution is -2.12. The van der Waals surface area contributed by atoms with Crippen molar-refractivity contribution in [2.45, 2.75) is 13.8 Å². The fraction of sp³-hybridized carbons (Fsp3) is 0.0500. The van der Waals surface area contributed by atoms with Crippen molar-refractivity contribution < 1.29 is 19.1 Å². The number of fused-ring (bicyclic) bond motifs is 2. The first kappa shape index (κ1) is 28.6. The van der Waals surface area contributed by atoms with Crippen LogP contribution in [0, 0.1) is 13.8 Å². The van der Waals surface area contributed by atoms with Crippen LogP contribution in [0.25, 0.3) is 44.3 Å². The van der Waals surface area contributed by atoms with E-state index in [4.69, 9.17) is 19.4 Å². The molecule has 222 valence electrons. The highest BCUT2D eigenvalue weighted by Crippen LogP contribution is 2.33. The van der Waals surface area contributed by atoms with Crippen LogP contribution in [0.3, 0.4) is 0 Å². The van der Waals surface area contributed by atoms with Crippen LogP contribution in [0.4, 0.5) is 0 Å². The van der Waals surface area contributed by atoms with Crippen molar-refractivity contribution in [1.29, 1.82) is 0 Å². The molecule has 46 heavy (non-hydrogen) atoms. The van der Waals surface area contributed by atoms with Crippen molar-refractivity contribution >= 4 is 33.7 Å². The van der Waals surface area contributed by atoms with Gasteiger partial charge in [0.15, 0.2) is 0 Å². The van der Waals surface area contributed by atoms with Crippen LogP contribution in [-0.4, -0.2) is 21.9 Å². The molecule has 0 saturated carbocycles. The Kier molecular flexibility index (Phi) is 7.53. The molecule has 0 N–H and O–H groups in total. The lowest BCUT2D eigenvalue weighted by Gasteiger charge is -2.14. The zero-order valence-corrected chi connectivity index (χ0v) is 25.2. The van der Waals surface area contributed by atoms with E-state index in [-0.39, 0.29) is 0 Å². The maximum Gasteiger partial charge on any atom is 0.344 e. The van der Waals surface area contributed by atoms with Crippen molar-refractivity contribution in [1.82, 2.24) is 9.97 Å². The number of aromatic nitrogens is 2. The minimum Gasteiger partial charge on any atom is -0.423 e. The Morgan fingerprint density at radius 1 is 0.478 bits per heavy atom. The topological polar surface area (TPSA) is 78.4 Å². The Morgan fingerprint density at radius 3 is 1.33 bits per heavy atom. The molecule has 6 heteroatoms. The van der Waals surface area contributed by atoms with E-state index in [2.05, 4.69) is 0 Å². The Labute approximate surface area is 265 Å².